The summed E-state index contributed by atoms with van der Waals surface area (Å²) in [7, 11) is 1.63. The predicted molar refractivity (Wildman–Crippen MR) is 129 cm³/mol. The monoisotopic (exact) mass is 445 g/mol. The van der Waals surface area contributed by atoms with Crippen LogP contribution in [0.25, 0.3) is 23.2 Å². The average molecular weight is 446 g/mol. The molecule has 0 bridgehead atoms. The fourth-order valence-electron chi connectivity index (χ4n) is 2.96. The van der Waals surface area contributed by atoms with Crippen LogP contribution >= 0.6 is 11.6 Å². The summed E-state index contributed by atoms with van der Waals surface area (Å²) in [5.74, 6) is 1.19. The van der Waals surface area contributed by atoms with Crippen LogP contribution in [0.1, 0.15) is 11.3 Å². The summed E-state index contributed by atoms with van der Waals surface area (Å²) < 4.78 is 5.19. The van der Waals surface area contributed by atoms with Crippen LogP contribution in [0.15, 0.2) is 72.8 Å². The first kappa shape index (κ1) is 21.1. The van der Waals surface area contributed by atoms with Gasteiger partial charge in [-0.05, 0) is 54.1 Å². The highest BCUT2D eigenvalue weighted by Gasteiger charge is 2.08. The van der Waals surface area contributed by atoms with Crippen LogP contribution in [0, 0.1) is 0 Å². The largest absolute Gasteiger partial charge is 0.497 e. The minimum Gasteiger partial charge on any atom is -0.497 e. The highest BCUT2D eigenvalue weighted by atomic mass is 35.5. The normalized spacial score (nSPS) is 10.8. The fraction of sp³-hybridized carbons (Fsp3) is 0.0417. The van der Waals surface area contributed by atoms with Gasteiger partial charge in [-0.2, -0.15) is 0 Å². The number of ether oxygens (including phenoxy) is 1. The second-order valence-corrected chi connectivity index (χ2v) is 7.20. The number of nitrogens with one attached hydrogen (secondary N) is 3. The molecule has 0 fully saturated rings. The van der Waals surface area contributed by atoms with E-state index in [1.54, 1.807) is 31.4 Å². The van der Waals surface area contributed by atoms with Gasteiger partial charge >= 0.3 is 6.03 Å². The number of anilines is 2. The van der Waals surface area contributed by atoms with Crippen molar-refractivity contribution in [2.24, 2.45) is 0 Å². The Balaban J connectivity index is 1.54. The number of halogens is 1. The Hall–Kier alpha value is -4.10. The first-order chi connectivity index (χ1) is 15.6. The zero-order chi connectivity index (χ0) is 22.3. The molecule has 0 aliphatic heterocycles. The minimum absolute atomic E-state index is 0.412. The Morgan fingerprint density at radius 1 is 0.938 bits per heavy atom. The summed E-state index contributed by atoms with van der Waals surface area (Å²) in [5, 5.41) is 3.23. The second kappa shape index (κ2) is 9.80. The molecule has 0 saturated heterocycles. The Morgan fingerprint density at radius 3 is 2.41 bits per heavy atom. The van der Waals surface area contributed by atoms with Crippen molar-refractivity contribution in [2.75, 3.05) is 17.9 Å². The molecule has 0 unspecified atom stereocenters. The predicted octanol–water partition coefficient (Wildman–Crippen LogP) is 5.61. The molecule has 8 heteroatoms. The van der Waals surface area contributed by atoms with E-state index in [2.05, 4.69) is 26.1 Å². The first-order valence-corrected chi connectivity index (χ1v) is 10.2. The zero-order valence-corrected chi connectivity index (χ0v) is 17.9. The van der Waals surface area contributed by atoms with Crippen molar-refractivity contribution in [1.29, 1.82) is 0 Å². The number of nitrogens with zero attached hydrogens (tertiary/aromatic N) is 2. The number of benzene rings is 3. The van der Waals surface area contributed by atoms with E-state index in [0.717, 1.165) is 16.8 Å². The van der Waals surface area contributed by atoms with Gasteiger partial charge in [-0.1, -0.05) is 48.0 Å². The van der Waals surface area contributed by atoms with Crippen LogP contribution in [-0.4, -0.2) is 23.1 Å². The van der Waals surface area contributed by atoms with Gasteiger partial charge in [-0.25, -0.2) is 20.2 Å². The van der Waals surface area contributed by atoms with Crippen molar-refractivity contribution >= 4 is 52.3 Å². The van der Waals surface area contributed by atoms with Crippen LogP contribution in [0.4, 0.5) is 16.3 Å². The minimum atomic E-state index is -0.465. The Labute approximate surface area is 190 Å². The number of amides is 2. The molecule has 0 spiro atoms. The number of fused-ring (bicyclic) bond motifs is 1. The van der Waals surface area contributed by atoms with Crippen molar-refractivity contribution in [3.63, 3.8) is 0 Å². The number of hydrogen-bond acceptors (Lipinski definition) is 5. The summed E-state index contributed by atoms with van der Waals surface area (Å²) in [6.45, 7) is 0. The van der Waals surface area contributed by atoms with Gasteiger partial charge < -0.3 is 10.1 Å². The molecule has 3 aromatic carbocycles. The van der Waals surface area contributed by atoms with E-state index in [0.29, 0.717) is 27.7 Å². The quantitative estimate of drug-likeness (QED) is 0.336. The van der Waals surface area contributed by atoms with E-state index in [9.17, 15) is 4.79 Å². The SMILES string of the molecule is COc1ccc(/C=C/c2nc3ccccc3nc2NNC(=O)Nc2cccc(Cl)c2)cc1. The number of aromatic nitrogens is 2. The molecule has 160 valence electrons. The summed E-state index contributed by atoms with van der Waals surface area (Å²) in [4.78, 5) is 21.6. The first-order valence-electron chi connectivity index (χ1n) is 9.78. The second-order valence-electron chi connectivity index (χ2n) is 6.77. The van der Waals surface area contributed by atoms with E-state index in [-0.39, 0.29) is 0 Å². The van der Waals surface area contributed by atoms with Gasteiger partial charge in [0.25, 0.3) is 0 Å². The smallest absolute Gasteiger partial charge is 0.337 e. The molecule has 2 amide bonds. The van der Waals surface area contributed by atoms with E-state index < -0.39 is 6.03 Å². The Bertz CT molecular complexity index is 1280. The number of hydrazine groups is 1. The van der Waals surface area contributed by atoms with E-state index in [4.69, 9.17) is 16.3 Å². The molecule has 3 N–H and O–H groups in total. The number of methoxy groups -OCH3 is 1. The molecular formula is C24H20ClN5O2. The van der Waals surface area contributed by atoms with Gasteiger partial charge in [-0.15, -0.1) is 0 Å². The molecule has 0 aliphatic carbocycles. The third-order valence-corrected chi connectivity index (χ3v) is 4.76. The number of carbonyl (C=O) groups excluding carboxylic acids is 1. The molecule has 7 nitrogen and oxygen atoms in total. The molecule has 1 aromatic heterocycles. The maximum absolute atomic E-state index is 12.3. The van der Waals surface area contributed by atoms with Crippen LogP contribution in [-0.2, 0) is 0 Å². The van der Waals surface area contributed by atoms with Crippen LogP contribution in [0.2, 0.25) is 5.02 Å². The van der Waals surface area contributed by atoms with Gasteiger partial charge in [-0.3, -0.25) is 5.43 Å². The molecule has 0 saturated carbocycles. The van der Waals surface area contributed by atoms with Gasteiger partial charge in [0.1, 0.15) is 11.4 Å². The number of urea groups is 1. The number of carbonyl (C=O) groups is 1. The van der Waals surface area contributed by atoms with Crippen molar-refractivity contribution in [2.45, 2.75) is 0 Å². The lowest BCUT2D eigenvalue weighted by Crippen LogP contribution is -2.34. The van der Waals surface area contributed by atoms with Crippen molar-refractivity contribution in [3.05, 3.63) is 89.1 Å². The fourth-order valence-corrected chi connectivity index (χ4v) is 3.15. The van der Waals surface area contributed by atoms with Gasteiger partial charge in [0.15, 0.2) is 5.82 Å². The number of para-hydroxylation sites is 2. The van der Waals surface area contributed by atoms with Crippen LogP contribution in [0.5, 0.6) is 5.75 Å². The molecule has 32 heavy (non-hydrogen) atoms. The van der Waals surface area contributed by atoms with E-state index in [1.807, 2.05) is 60.7 Å². The third-order valence-electron chi connectivity index (χ3n) is 4.52. The van der Waals surface area contributed by atoms with Crippen molar-refractivity contribution < 1.29 is 9.53 Å². The average Bonchev–Trinajstić information content (AvgIpc) is 2.81. The lowest BCUT2D eigenvalue weighted by atomic mass is 10.2. The molecule has 0 aliphatic rings. The molecule has 1 heterocycles. The highest BCUT2D eigenvalue weighted by molar-refractivity contribution is 6.30. The molecular weight excluding hydrogens is 426 g/mol. The Kier molecular flexibility index (Phi) is 6.48. The molecule has 0 radical (unpaired) electrons. The lowest BCUT2D eigenvalue weighted by molar-refractivity contribution is 0.254. The van der Waals surface area contributed by atoms with Gasteiger partial charge in [0.05, 0.1) is 18.1 Å². The van der Waals surface area contributed by atoms with E-state index >= 15 is 0 Å². The number of hydrogen-bond donors (Lipinski definition) is 3. The van der Waals surface area contributed by atoms with Crippen molar-refractivity contribution in [3.8, 4) is 5.75 Å². The maximum Gasteiger partial charge on any atom is 0.337 e. The third kappa shape index (κ3) is 5.33. The summed E-state index contributed by atoms with van der Waals surface area (Å²) in [6, 6.07) is 21.6. The molecule has 4 rings (SSSR count). The summed E-state index contributed by atoms with van der Waals surface area (Å²) in [5.41, 5.74) is 9.01. The molecule has 0 atom stereocenters. The topological polar surface area (TPSA) is 88.2 Å². The van der Waals surface area contributed by atoms with E-state index in [1.165, 1.54) is 0 Å². The van der Waals surface area contributed by atoms with Crippen LogP contribution in [0.3, 0.4) is 0 Å². The molecule has 4 aromatic rings. The van der Waals surface area contributed by atoms with Gasteiger partial charge in [0, 0.05) is 10.7 Å². The lowest BCUT2D eigenvalue weighted by Gasteiger charge is -2.12. The summed E-state index contributed by atoms with van der Waals surface area (Å²) in [6.07, 6.45) is 3.75. The van der Waals surface area contributed by atoms with Crippen LogP contribution < -0.4 is 20.9 Å². The Morgan fingerprint density at radius 2 is 1.69 bits per heavy atom. The highest BCUT2D eigenvalue weighted by Crippen LogP contribution is 2.20. The number of rotatable bonds is 6. The maximum atomic E-state index is 12.3. The summed E-state index contributed by atoms with van der Waals surface area (Å²) >= 11 is 5.96. The van der Waals surface area contributed by atoms with Crippen molar-refractivity contribution in [1.82, 2.24) is 15.4 Å². The zero-order valence-electron chi connectivity index (χ0n) is 17.2. The standard InChI is InChI=1S/C24H20ClN5O2/c1-32-19-12-9-16(10-13-19)11-14-22-23(28-21-8-3-2-7-20(21)27-22)29-30-24(31)26-18-6-4-5-17(25)15-18/h2-15H,1H3,(H,28,29)(H2,26,30,31)/b14-11+. The van der Waals surface area contributed by atoms with Gasteiger partial charge in [0.2, 0.25) is 0 Å².